The van der Waals surface area contributed by atoms with Gasteiger partial charge in [-0.3, -0.25) is 4.99 Å². The molecular weight excluding hydrogens is 350 g/mol. The minimum absolute atomic E-state index is 0.515. The van der Waals surface area contributed by atoms with Gasteiger partial charge in [-0.25, -0.2) is 0 Å². The lowest BCUT2D eigenvalue weighted by Gasteiger charge is -2.23. The first-order valence-corrected chi connectivity index (χ1v) is 9.42. The minimum Gasteiger partial charge on any atom is -0.469 e. The van der Waals surface area contributed by atoms with Crippen LogP contribution in [0.1, 0.15) is 17.7 Å². The lowest BCUT2D eigenvalue weighted by atomic mass is 10.1. The predicted molar refractivity (Wildman–Crippen MR) is 105 cm³/mol. The largest absolute Gasteiger partial charge is 0.469 e. The van der Waals surface area contributed by atoms with E-state index in [0.29, 0.717) is 5.92 Å². The fourth-order valence-corrected chi connectivity index (χ4v) is 3.07. The van der Waals surface area contributed by atoms with Crippen molar-refractivity contribution in [1.82, 2.24) is 10.2 Å². The van der Waals surface area contributed by atoms with Crippen LogP contribution >= 0.6 is 11.6 Å². The van der Waals surface area contributed by atoms with Crippen molar-refractivity contribution < 1.29 is 9.15 Å². The summed E-state index contributed by atoms with van der Waals surface area (Å²) in [4.78, 5) is 6.97. The van der Waals surface area contributed by atoms with Gasteiger partial charge in [0, 0.05) is 50.7 Å². The molecule has 1 aromatic carbocycles. The molecule has 0 bridgehead atoms. The van der Waals surface area contributed by atoms with E-state index in [0.717, 1.165) is 62.4 Å². The SMILES string of the molecule is CN(Cc1ccc(Cl)cc1)C(=NCC1CCOC1)NCCc1ccco1. The summed E-state index contributed by atoms with van der Waals surface area (Å²) in [6, 6.07) is 11.8. The van der Waals surface area contributed by atoms with Crippen LogP contribution in [0, 0.1) is 5.92 Å². The number of nitrogens with zero attached hydrogens (tertiary/aromatic N) is 2. The molecule has 0 amide bonds. The predicted octanol–water partition coefficient (Wildman–Crippen LogP) is 3.59. The average molecular weight is 376 g/mol. The van der Waals surface area contributed by atoms with E-state index < -0.39 is 0 Å². The van der Waals surface area contributed by atoms with Crippen LogP contribution in [0.25, 0.3) is 0 Å². The Kier molecular flexibility index (Phi) is 6.97. The first-order valence-electron chi connectivity index (χ1n) is 9.05. The summed E-state index contributed by atoms with van der Waals surface area (Å²) in [5, 5.41) is 4.22. The number of furan rings is 1. The second kappa shape index (κ2) is 9.64. The molecule has 1 saturated heterocycles. The molecule has 6 heteroatoms. The molecule has 0 saturated carbocycles. The number of ether oxygens (including phenoxy) is 1. The molecule has 2 heterocycles. The van der Waals surface area contributed by atoms with Gasteiger partial charge in [0.25, 0.3) is 0 Å². The minimum atomic E-state index is 0.515. The normalized spacial score (nSPS) is 17.5. The van der Waals surface area contributed by atoms with Gasteiger partial charge in [-0.15, -0.1) is 0 Å². The molecule has 3 rings (SSSR count). The molecule has 1 aliphatic heterocycles. The lowest BCUT2D eigenvalue weighted by molar-refractivity contribution is 0.187. The van der Waals surface area contributed by atoms with Gasteiger partial charge in [0.05, 0.1) is 12.9 Å². The van der Waals surface area contributed by atoms with Crippen molar-refractivity contribution in [2.75, 3.05) is 33.4 Å². The quantitative estimate of drug-likeness (QED) is 0.593. The number of hydrogen-bond acceptors (Lipinski definition) is 3. The van der Waals surface area contributed by atoms with Gasteiger partial charge in [-0.2, -0.15) is 0 Å². The van der Waals surface area contributed by atoms with E-state index in [9.17, 15) is 0 Å². The van der Waals surface area contributed by atoms with Crippen molar-refractivity contribution in [2.24, 2.45) is 10.9 Å². The maximum absolute atomic E-state index is 5.98. The second-order valence-electron chi connectivity index (χ2n) is 6.63. The number of halogens is 1. The first kappa shape index (κ1) is 18.8. The third-order valence-corrected chi connectivity index (χ3v) is 4.70. The summed E-state index contributed by atoms with van der Waals surface area (Å²) in [7, 11) is 2.05. The topological polar surface area (TPSA) is 50.0 Å². The van der Waals surface area contributed by atoms with Crippen LogP contribution in [0.3, 0.4) is 0 Å². The molecule has 1 fully saturated rings. The lowest BCUT2D eigenvalue weighted by Crippen LogP contribution is -2.40. The van der Waals surface area contributed by atoms with Crippen LogP contribution in [0.5, 0.6) is 0 Å². The molecule has 2 aromatic rings. The zero-order valence-electron chi connectivity index (χ0n) is 15.2. The van der Waals surface area contributed by atoms with Crippen molar-refractivity contribution in [3.05, 3.63) is 59.0 Å². The number of benzene rings is 1. The zero-order chi connectivity index (χ0) is 18.2. The Labute approximate surface area is 160 Å². The van der Waals surface area contributed by atoms with Gasteiger partial charge >= 0.3 is 0 Å². The van der Waals surface area contributed by atoms with Gasteiger partial charge in [0.15, 0.2) is 5.96 Å². The van der Waals surface area contributed by atoms with Crippen molar-refractivity contribution in [1.29, 1.82) is 0 Å². The maximum atomic E-state index is 5.98. The molecule has 1 atom stereocenters. The third-order valence-electron chi connectivity index (χ3n) is 4.45. The summed E-state index contributed by atoms with van der Waals surface area (Å²) in [6.45, 7) is 3.99. The Hall–Kier alpha value is -1.98. The van der Waals surface area contributed by atoms with E-state index >= 15 is 0 Å². The molecule has 1 N–H and O–H groups in total. The van der Waals surface area contributed by atoms with Crippen LogP contribution in [0.15, 0.2) is 52.1 Å². The van der Waals surface area contributed by atoms with Crippen LogP contribution in [0.2, 0.25) is 5.02 Å². The first-order chi connectivity index (χ1) is 12.7. The Morgan fingerprint density at radius 2 is 2.15 bits per heavy atom. The third kappa shape index (κ3) is 5.78. The van der Waals surface area contributed by atoms with Gasteiger partial charge in [-0.1, -0.05) is 23.7 Å². The van der Waals surface area contributed by atoms with E-state index in [2.05, 4.69) is 17.3 Å². The van der Waals surface area contributed by atoms with Gasteiger partial charge in [0.2, 0.25) is 0 Å². The highest BCUT2D eigenvalue weighted by atomic mass is 35.5. The summed E-state index contributed by atoms with van der Waals surface area (Å²) in [6.07, 6.45) is 3.62. The molecular formula is C20H26ClN3O2. The van der Waals surface area contributed by atoms with Crippen LogP contribution in [-0.2, 0) is 17.7 Å². The van der Waals surface area contributed by atoms with E-state index in [1.807, 2.05) is 36.4 Å². The Morgan fingerprint density at radius 1 is 1.31 bits per heavy atom. The van der Waals surface area contributed by atoms with Crippen molar-refractivity contribution >= 4 is 17.6 Å². The van der Waals surface area contributed by atoms with Gasteiger partial charge in [-0.05, 0) is 36.2 Å². The highest BCUT2D eigenvalue weighted by Crippen LogP contribution is 2.13. The molecule has 1 aliphatic rings. The average Bonchev–Trinajstić information content (AvgIpc) is 3.33. The molecule has 0 spiro atoms. The molecule has 5 nitrogen and oxygen atoms in total. The van der Waals surface area contributed by atoms with Gasteiger partial charge < -0.3 is 19.4 Å². The molecule has 140 valence electrons. The zero-order valence-corrected chi connectivity index (χ0v) is 15.9. The Balaban J connectivity index is 1.59. The Bertz CT molecular complexity index is 680. The van der Waals surface area contributed by atoms with Crippen molar-refractivity contribution in [3.63, 3.8) is 0 Å². The molecule has 0 radical (unpaired) electrons. The van der Waals surface area contributed by atoms with E-state index in [-0.39, 0.29) is 0 Å². The number of hydrogen-bond donors (Lipinski definition) is 1. The summed E-state index contributed by atoms with van der Waals surface area (Å²) < 4.78 is 10.9. The molecule has 0 aliphatic carbocycles. The standard InChI is InChI=1S/C20H26ClN3O2/c1-24(14-16-4-6-18(21)7-5-16)20(23-13-17-9-12-25-15-17)22-10-8-19-3-2-11-26-19/h2-7,11,17H,8-10,12-15H2,1H3,(H,22,23). The number of rotatable bonds is 7. The van der Waals surface area contributed by atoms with Crippen LogP contribution in [-0.4, -0.2) is 44.2 Å². The number of aliphatic imine (C=N–C) groups is 1. The molecule has 1 aromatic heterocycles. The summed E-state index contributed by atoms with van der Waals surface area (Å²) >= 11 is 5.98. The smallest absolute Gasteiger partial charge is 0.193 e. The van der Waals surface area contributed by atoms with E-state index in [1.54, 1.807) is 6.26 Å². The fourth-order valence-electron chi connectivity index (χ4n) is 2.95. The van der Waals surface area contributed by atoms with Crippen LogP contribution < -0.4 is 5.32 Å². The monoisotopic (exact) mass is 375 g/mol. The number of nitrogens with one attached hydrogen (secondary N) is 1. The van der Waals surface area contributed by atoms with Crippen molar-refractivity contribution in [2.45, 2.75) is 19.4 Å². The van der Waals surface area contributed by atoms with E-state index in [1.165, 1.54) is 5.56 Å². The second-order valence-corrected chi connectivity index (χ2v) is 7.07. The highest BCUT2D eigenvalue weighted by Gasteiger charge is 2.16. The summed E-state index contributed by atoms with van der Waals surface area (Å²) in [5.41, 5.74) is 1.20. The van der Waals surface area contributed by atoms with Gasteiger partial charge in [0.1, 0.15) is 5.76 Å². The Morgan fingerprint density at radius 3 is 2.85 bits per heavy atom. The van der Waals surface area contributed by atoms with Crippen molar-refractivity contribution in [3.8, 4) is 0 Å². The van der Waals surface area contributed by atoms with E-state index in [4.69, 9.17) is 25.7 Å². The fraction of sp³-hybridized carbons (Fsp3) is 0.450. The highest BCUT2D eigenvalue weighted by molar-refractivity contribution is 6.30. The van der Waals surface area contributed by atoms with Crippen LogP contribution in [0.4, 0.5) is 0 Å². The molecule has 1 unspecified atom stereocenters. The number of guanidine groups is 1. The summed E-state index contributed by atoms with van der Waals surface area (Å²) in [5.74, 6) is 2.39. The maximum Gasteiger partial charge on any atom is 0.193 e. The molecule has 26 heavy (non-hydrogen) atoms.